The van der Waals surface area contributed by atoms with E-state index >= 15 is 0 Å². The first-order chi connectivity index (χ1) is 17.2. The van der Waals surface area contributed by atoms with Crippen molar-refractivity contribution in [2.75, 3.05) is 0 Å². The van der Waals surface area contributed by atoms with Gasteiger partial charge >= 0.3 is 0 Å². The zero-order valence-corrected chi connectivity index (χ0v) is 21.4. The summed E-state index contributed by atoms with van der Waals surface area (Å²) in [5.41, 5.74) is 2.69. The Morgan fingerprint density at radius 2 is 1.69 bits per heavy atom. The van der Waals surface area contributed by atoms with Crippen LogP contribution >= 0.6 is 0 Å². The lowest BCUT2D eigenvalue weighted by Crippen LogP contribution is -2.56. The van der Waals surface area contributed by atoms with Gasteiger partial charge in [0.15, 0.2) is 0 Å². The summed E-state index contributed by atoms with van der Waals surface area (Å²) >= 11 is 0. The van der Waals surface area contributed by atoms with E-state index < -0.39 is 0 Å². The number of halogens is 1. The second kappa shape index (κ2) is 8.56. The minimum atomic E-state index is -0.271. The summed E-state index contributed by atoms with van der Waals surface area (Å²) in [7, 11) is 0. The summed E-state index contributed by atoms with van der Waals surface area (Å²) in [6.07, 6.45) is 9.49. The zero-order valence-electron chi connectivity index (χ0n) is 21.4. The van der Waals surface area contributed by atoms with Crippen LogP contribution < -0.4 is 10.9 Å². The summed E-state index contributed by atoms with van der Waals surface area (Å²) in [5, 5.41) is 8.99. The van der Waals surface area contributed by atoms with E-state index in [2.05, 4.69) is 21.9 Å². The van der Waals surface area contributed by atoms with E-state index in [0.717, 1.165) is 40.1 Å². The second-order valence-corrected chi connectivity index (χ2v) is 11.8. The van der Waals surface area contributed by atoms with E-state index in [-0.39, 0.29) is 35.3 Å². The van der Waals surface area contributed by atoms with Crippen LogP contribution in [0.4, 0.5) is 4.39 Å². The van der Waals surface area contributed by atoms with Crippen LogP contribution in [0.5, 0.6) is 0 Å². The Morgan fingerprint density at radius 3 is 2.31 bits per heavy atom. The van der Waals surface area contributed by atoms with Gasteiger partial charge in [-0.15, -0.1) is 0 Å². The van der Waals surface area contributed by atoms with Crippen LogP contribution in [0.3, 0.4) is 0 Å². The highest BCUT2D eigenvalue weighted by molar-refractivity contribution is 5.87. The Bertz CT molecular complexity index is 1350. The minimum Gasteiger partial charge on any atom is -0.351 e. The number of rotatable bonds is 6. The molecule has 7 rings (SSSR count). The van der Waals surface area contributed by atoms with E-state index in [0.29, 0.717) is 11.9 Å². The predicted molar refractivity (Wildman–Crippen MR) is 137 cm³/mol. The molecular weight excluding hydrogens is 455 g/mol. The molecule has 1 aromatic carbocycles. The number of amides is 1. The van der Waals surface area contributed by atoms with Crippen molar-refractivity contribution in [3.05, 3.63) is 63.6 Å². The lowest BCUT2D eigenvalue weighted by Gasteiger charge is -2.59. The van der Waals surface area contributed by atoms with Crippen molar-refractivity contribution in [1.82, 2.24) is 19.7 Å². The molecule has 3 aromatic rings. The fourth-order valence-corrected chi connectivity index (χ4v) is 8.05. The molecule has 1 atom stereocenters. The van der Waals surface area contributed by atoms with Crippen molar-refractivity contribution < 1.29 is 9.18 Å². The van der Waals surface area contributed by atoms with Gasteiger partial charge in [-0.2, -0.15) is 5.10 Å². The van der Waals surface area contributed by atoms with Crippen LogP contribution in [0.25, 0.3) is 10.8 Å². The molecule has 0 radical (unpaired) electrons. The highest BCUT2D eigenvalue weighted by Gasteiger charge is 2.53. The van der Waals surface area contributed by atoms with Gasteiger partial charge in [0.1, 0.15) is 12.4 Å². The number of nitrogens with one attached hydrogen (secondary N) is 1. The first-order valence-corrected chi connectivity index (χ1v) is 13.3. The smallest absolute Gasteiger partial charge is 0.276 e. The van der Waals surface area contributed by atoms with Gasteiger partial charge in [-0.1, -0.05) is 12.1 Å². The molecule has 0 spiro atoms. The molecule has 1 N–H and O–H groups in total. The number of aromatic nitrogens is 3. The number of nitrogens with zero attached hydrogens (tertiary/aromatic N) is 3. The molecule has 0 saturated heterocycles. The first kappa shape index (κ1) is 23.4. The van der Waals surface area contributed by atoms with E-state index in [9.17, 15) is 14.0 Å². The fraction of sp³-hybridized carbons (Fsp3) is 0.552. The predicted octanol–water partition coefficient (Wildman–Crippen LogP) is 4.72. The molecule has 190 valence electrons. The molecule has 4 bridgehead atoms. The maximum absolute atomic E-state index is 13.4. The zero-order chi connectivity index (χ0) is 25.2. The summed E-state index contributed by atoms with van der Waals surface area (Å²) < 4.78 is 16.7. The van der Waals surface area contributed by atoms with Crippen LogP contribution in [0, 0.1) is 42.8 Å². The van der Waals surface area contributed by atoms with Gasteiger partial charge in [-0.25, -0.2) is 9.07 Å². The van der Waals surface area contributed by atoms with Gasteiger partial charge in [0.2, 0.25) is 5.91 Å². The molecule has 1 unspecified atom stereocenters. The van der Waals surface area contributed by atoms with Crippen LogP contribution in [0.15, 0.2) is 35.3 Å². The second-order valence-electron chi connectivity index (χ2n) is 11.8. The molecule has 6 nitrogen and oxygen atoms in total. The van der Waals surface area contributed by atoms with E-state index in [1.165, 1.54) is 55.3 Å². The average molecular weight is 491 g/mol. The van der Waals surface area contributed by atoms with E-state index in [4.69, 9.17) is 0 Å². The Balaban J connectivity index is 1.21. The quantitative estimate of drug-likeness (QED) is 0.544. The number of carbonyl (C=O) groups is 1. The highest BCUT2D eigenvalue weighted by Crippen LogP contribution is 2.61. The third-order valence-corrected chi connectivity index (χ3v) is 9.53. The number of hydrogen-bond donors (Lipinski definition) is 1. The van der Waals surface area contributed by atoms with Gasteiger partial charge in [0, 0.05) is 29.4 Å². The van der Waals surface area contributed by atoms with Gasteiger partial charge < -0.3 is 9.88 Å². The molecule has 4 saturated carbocycles. The van der Waals surface area contributed by atoms with Gasteiger partial charge in [0.25, 0.3) is 5.56 Å². The molecule has 4 aliphatic rings. The number of carbonyl (C=O) groups excluding carboxylic acids is 1. The molecule has 1 amide bonds. The normalized spacial score (nSPS) is 27.5. The van der Waals surface area contributed by atoms with Crippen LogP contribution in [-0.4, -0.2) is 26.3 Å². The average Bonchev–Trinajstić information content (AvgIpc) is 3.06. The largest absolute Gasteiger partial charge is 0.351 e. The van der Waals surface area contributed by atoms with E-state index in [1.807, 2.05) is 13.8 Å². The Labute approximate surface area is 210 Å². The third kappa shape index (κ3) is 3.87. The number of benzene rings is 1. The van der Waals surface area contributed by atoms with Crippen molar-refractivity contribution in [2.45, 2.75) is 78.4 Å². The van der Waals surface area contributed by atoms with Crippen molar-refractivity contribution in [3.63, 3.8) is 0 Å². The molecule has 2 heterocycles. The van der Waals surface area contributed by atoms with Crippen molar-refractivity contribution >= 4 is 16.7 Å². The number of hydrogen-bond acceptors (Lipinski definition) is 3. The van der Waals surface area contributed by atoms with Crippen molar-refractivity contribution in [1.29, 1.82) is 0 Å². The SMILES string of the molecule is Cc1c2cnn(CC(=O)NC(C)C34CC5CC(CC(C5)C3)C4)c(=O)c2c(C)n1Cc1ccc(F)cc1. The maximum Gasteiger partial charge on any atom is 0.276 e. The van der Waals surface area contributed by atoms with Gasteiger partial charge in [-0.3, -0.25) is 9.59 Å². The number of aryl methyl sites for hydroxylation is 2. The van der Waals surface area contributed by atoms with Crippen LogP contribution in [-0.2, 0) is 17.9 Å². The minimum absolute atomic E-state index is 0.0763. The lowest BCUT2D eigenvalue weighted by atomic mass is 9.48. The molecule has 4 aliphatic carbocycles. The van der Waals surface area contributed by atoms with Crippen molar-refractivity contribution in [3.8, 4) is 0 Å². The Kier molecular flexibility index (Phi) is 5.58. The maximum atomic E-state index is 13.4. The Hall–Kier alpha value is -2.96. The molecule has 7 heteroatoms. The molecule has 4 fully saturated rings. The third-order valence-electron chi connectivity index (χ3n) is 9.53. The van der Waals surface area contributed by atoms with E-state index in [1.54, 1.807) is 18.3 Å². The first-order valence-electron chi connectivity index (χ1n) is 13.3. The molecule has 36 heavy (non-hydrogen) atoms. The van der Waals surface area contributed by atoms with Crippen molar-refractivity contribution in [2.24, 2.45) is 23.2 Å². The molecule has 0 aliphatic heterocycles. The summed E-state index contributed by atoms with van der Waals surface area (Å²) in [6.45, 7) is 6.50. The van der Waals surface area contributed by atoms with Gasteiger partial charge in [-0.05, 0) is 100 Å². The van der Waals surface area contributed by atoms with Gasteiger partial charge in [0.05, 0.1) is 11.6 Å². The molecular formula is C29H35FN4O2. The Morgan fingerprint density at radius 1 is 1.08 bits per heavy atom. The monoisotopic (exact) mass is 490 g/mol. The fourth-order valence-electron chi connectivity index (χ4n) is 8.05. The molecule has 2 aromatic heterocycles. The number of fused-ring (bicyclic) bond motifs is 1. The lowest BCUT2D eigenvalue weighted by molar-refractivity contribution is -0.126. The summed E-state index contributed by atoms with van der Waals surface area (Å²) in [6, 6.07) is 6.51. The topological polar surface area (TPSA) is 68.9 Å². The standard InChI is InChI=1S/C29H35FN4O2/c1-17-25-14-31-34(28(36)27(25)18(2)33(17)15-20-4-6-24(30)7-5-20)16-26(35)32-19(3)29-11-21-8-22(12-29)10-23(9-21)13-29/h4-7,14,19,21-23H,8-13,15-16H2,1-3H3,(H,32,35). The van der Waals surface area contributed by atoms with Crippen LogP contribution in [0.2, 0.25) is 0 Å². The van der Waals surface area contributed by atoms with Crippen LogP contribution in [0.1, 0.15) is 62.4 Å². The highest BCUT2D eigenvalue weighted by atomic mass is 19.1. The summed E-state index contributed by atoms with van der Waals surface area (Å²) in [5.74, 6) is 2.06. The summed E-state index contributed by atoms with van der Waals surface area (Å²) in [4.78, 5) is 26.5.